The van der Waals surface area contributed by atoms with Crippen molar-refractivity contribution in [2.24, 2.45) is 5.92 Å². The van der Waals surface area contributed by atoms with Crippen LogP contribution in [0.3, 0.4) is 0 Å². The summed E-state index contributed by atoms with van der Waals surface area (Å²) in [7, 11) is -4.09. The molecule has 1 unspecified atom stereocenters. The average molecular weight is 510 g/mol. The summed E-state index contributed by atoms with van der Waals surface area (Å²) in [6.45, 7) is 3.79. The number of nitrogens with one attached hydrogen (secondary N) is 1. The molecule has 4 rings (SSSR count). The lowest BCUT2D eigenvalue weighted by molar-refractivity contribution is -0.143. The van der Waals surface area contributed by atoms with Crippen LogP contribution < -0.4 is 4.72 Å². The molecule has 2 heterocycles. The molecule has 10 heteroatoms. The van der Waals surface area contributed by atoms with Gasteiger partial charge in [-0.2, -0.15) is 0 Å². The fraction of sp³-hybridized carbons (Fsp3) is 0.269. The molecule has 3 aromatic rings. The number of aromatic nitrogens is 1. The van der Waals surface area contributed by atoms with Crippen LogP contribution in [-0.2, 0) is 26.2 Å². The molecule has 1 amide bonds. The van der Waals surface area contributed by atoms with E-state index in [2.05, 4.69) is 16.3 Å². The number of pyridine rings is 1. The zero-order chi connectivity index (χ0) is 25.7. The third-order valence-corrected chi connectivity index (χ3v) is 7.76. The van der Waals surface area contributed by atoms with Crippen molar-refractivity contribution in [1.29, 1.82) is 0 Å². The lowest BCUT2D eigenvalue weighted by Gasteiger charge is -2.32. The highest BCUT2D eigenvalue weighted by Crippen LogP contribution is 2.30. The quantitative estimate of drug-likeness (QED) is 0.422. The van der Waals surface area contributed by atoms with Crippen LogP contribution in [0.25, 0.3) is 10.9 Å². The highest BCUT2D eigenvalue weighted by atomic mass is 32.2. The molecule has 0 saturated carbocycles. The largest absolute Gasteiger partial charge is 0.481 e. The summed E-state index contributed by atoms with van der Waals surface area (Å²) in [6.07, 6.45) is 2.53. The van der Waals surface area contributed by atoms with E-state index < -0.39 is 40.1 Å². The van der Waals surface area contributed by atoms with Crippen LogP contribution in [0.1, 0.15) is 18.4 Å². The summed E-state index contributed by atoms with van der Waals surface area (Å²) in [6, 6.07) is 15.6. The fourth-order valence-corrected chi connectivity index (χ4v) is 6.04. The van der Waals surface area contributed by atoms with Gasteiger partial charge in [-0.25, -0.2) is 17.9 Å². The number of nitrogens with zero attached hydrogens (tertiary/aromatic N) is 2. The summed E-state index contributed by atoms with van der Waals surface area (Å²) < 4.78 is 35.0. The third kappa shape index (κ3) is 5.39. The number of para-hydroxylation sites is 1. The Bertz CT molecular complexity index is 1360. The summed E-state index contributed by atoms with van der Waals surface area (Å²) in [5, 5.41) is 10.6. The number of ether oxygens (including phenoxy) is 1. The Morgan fingerprint density at radius 2 is 1.92 bits per heavy atom. The van der Waals surface area contributed by atoms with E-state index in [1.807, 2.05) is 30.3 Å². The first-order chi connectivity index (χ1) is 17.3. The van der Waals surface area contributed by atoms with Gasteiger partial charge < -0.3 is 14.7 Å². The van der Waals surface area contributed by atoms with E-state index in [1.165, 1.54) is 23.2 Å². The number of carboxylic acid groups (broad SMARTS) is 1. The van der Waals surface area contributed by atoms with Gasteiger partial charge in [0, 0.05) is 24.2 Å². The van der Waals surface area contributed by atoms with Gasteiger partial charge in [-0.15, -0.1) is 6.58 Å². The smallest absolute Gasteiger partial charge is 0.410 e. The molecule has 0 radical (unpaired) electrons. The number of rotatable bonds is 9. The molecule has 0 spiro atoms. The molecule has 1 aliphatic heterocycles. The van der Waals surface area contributed by atoms with Crippen molar-refractivity contribution in [1.82, 2.24) is 14.6 Å². The molecular weight excluding hydrogens is 482 g/mol. The van der Waals surface area contributed by atoms with Crippen LogP contribution in [-0.4, -0.2) is 54.1 Å². The molecule has 0 aliphatic carbocycles. The topological polar surface area (TPSA) is 126 Å². The molecule has 0 bridgehead atoms. The van der Waals surface area contributed by atoms with E-state index in [1.54, 1.807) is 24.3 Å². The van der Waals surface area contributed by atoms with Gasteiger partial charge >= 0.3 is 12.1 Å². The van der Waals surface area contributed by atoms with Crippen LogP contribution >= 0.6 is 0 Å². The number of likely N-dealkylation sites (tertiary alicyclic amines) is 1. The van der Waals surface area contributed by atoms with Crippen molar-refractivity contribution in [3.05, 3.63) is 85.1 Å². The van der Waals surface area contributed by atoms with Crippen LogP contribution in [0.15, 0.2) is 84.4 Å². The molecule has 1 aromatic heterocycles. The predicted octanol–water partition coefficient (Wildman–Crippen LogP) is 3.57. The summed E-state index contributed by atoms with van der Waals surface area (Å²) in [4.78, 5) is 30.7. The summed E-state index contributed by atoms with van der Waals surface area (Å²) >= 11 is 0. The second kappa shape index (κ2) is 10.9. The second-order valence-electron chi connectivity index (χ2n) is 8.54. The van der Waals surface area contributed by atoms with Crippen LogP contribution in [0.2, 0.25) is 0 Å². The number of hydrogen-bond acceptors (Lipinski definition) is 6. The van der Waals surface area contributed by atoms with E-state index in [9.17, 15) is 23.1 Å². The lowest BCUT2D eigenvalue weighted by atomic mass is 9.91. The van der Waals surface area contributed by atoms with Gasteiger partial charge in [-0.3, -0.25) is 9.78 Å². The van der Waals surface area contributed by atoms with E-state index >= 15 is 0 Å². The molecule has 188 valence electrons. The molecule has 36 heavy (non-hydrogen) atoms. The Morgan fingerprint density at radius 3 is 2.64 bits per heavy atom. The van der Waals surface area contributed by atoms with Crippen molar-refractivity contribution >= 4 is 33.0 Å². The van der Waals surface area contributed by atoms with Crippen molar-refractivity contribution in [2.75, 3.05) is 6.54 Å². The number of carboxylic acids is 1. The number of amides is 1. The highest BCUT2D eigenvalue weighted by molar-refractivity contribution is 7.89. The fourth-order valence-electron chi connectivity index (χ4n) is 4.58. The van der Waals surface area contributed by atoms with Crippen LogP contribution in [0, 0.1) is 5.92 Å². The molecular formula is C26H27N3O6S. The molecule has 1 fully saturated rings. The van der Waals surface area contributed by atoms with Crippen molar-refractivity contribution in [2.45, 2.75) is 36.4 Å². The Balaban J connectivity index is 1.61. The molecule has 3 atom stereocenters. The van der Waals surface area contributed by atoms with Crippen LogP contribution in [0.5, 0.6) is 0 Å². The van der Waals surface area contributed by atoms with Crippen LogP contribution in [0.4, 0.5) is 4.79 Å². The number of fused-ring (bicyclic) bond motifs is 1. The molecule has 1 saturated heterocycles. The predicted molar refractivity (Wildman–Crippen MR) is 134 cm³/mol. The minimum atomic E-state index is -4.09. The van der Waals surface area contributed by atoms with E-state index in [0.717, 1.165) is 5.56 Å². The Labute approximate surface area is 209 Å². The molecule has 9 nitrogen and oxygen atoms in total. The lowest BCUT2D eigenvalue weighted by Crippen LogP contribution is -2.52. The minimum absolute atomic E-state index is 0.0138. The maximum absolute atomic E-state index is 13.4. The maximum atomic E-state index is 13.4. The SMILES string of the molecule is C=CCC(C(=O)O)[C@@H]1[C@@H](NS(=O)(=O)c2cccc3cccnc23)CCN1C(=O)OCc1ccccc1. The third-order valence-electron chi connectivity index (χ3n) is 6.23. The van der Waals surface area contributed by atoms with Gasteiger partial charge in [-0.05, 0) is 30.5 Å². The first-order valence-electron chi connectivity index (χ1n) is 11.5. The van der Waals surface area contributed by atoms with Gasteiger partial charge in [0.1, 0.15) is 11.5 Å². The number of aliphatic carboxylic acids is 1. The number of benzene rings is 2. The minimum Gasteiger partial charge on any atom is -0.481 e. The number of hydrogen-bond donors (Lipinski definition) is 2. The van der Waals surface area contributed by atoms with Gasteiger partial charge in [0.05, 0.1) is 17.5 Å². The monoisotopic (exact) mass is 509 g/mol. The van der Waals surface area contributed by atoms with Crippen molar-refractivity contribution < 1.29 is 27.9 Å². The Kier molecular flexibility index (Phi) is 7.66. The number of carbonyl (C=O) groups excluding carboxylic acids is 1. The number of allylic oxidation sites excluding steroid dienone is 1. The second-order valence-corrected chi connectivity index (χ2v) is 10.2. The number of carbonyl (C=O) groups is 2. The zero-order valence-corrected chi connectivity index (χ0v) is 20.3. The van der Waals surface area contributed by atoms with Gasteiger partial charge in [0.25, 0.3) is 0 Å². The molecule has 2 aromatic carbocycles. The molecule has 2 N–H and O–H groups in total. The normalized spacial score (nSPS) is 18.6. The van der Waals surface area contributed by atoms with E-state index in [4.69, 9.17) is 4.74 Å². The first-order valence-corrected chi connectivity index (χ1v) is 13.0. The number of sulfonamides is 1. The Morgan fingerprint density at radius 1 is 1.17 bits per heavy atom. The molecule has 1 aliphatic rings. The summed E-state index contributed by atoms with van der Waals surface area (Å²) in [5.41, 5.74) is 1.09. The van der Waals surface area contributed by atoms with Crippen molar-refractivity contribution in [3.63, 3.8) is 0 Å². The summed E-state index contributed by atoms with van der Waals surface area (Å²) in [5.74, 6) is -2.23. The highest BCUT2D eigenvalue weighted by Gasteiger charge is 2.46. The average Bonchev–Trinajstić information content (AvgIpc) is 3.28. The van der Waals surface area contributed by atoms with Gasteiger partial charge in [0.2, 0.25) is 10.0 Å². The maximum Gasteiger partial charge on any atom is 0.410 e. The van der Waals surface area contributed by atoms with E-state index in [0.29, 0.717) is 10.9 Å². The van der Waals surface area contributed by atoms with Gasteiger partial charge in [-0.1, -0.05) is 54.6 Å². The zero-order valence-electron chi connectivity index (χ0n) is 19.5. The van der Waals surface area contributed by atoms with E-state index in [-0.39, 0.29) is 30.9 Å². The van der Waals surface area contributed by atoms with Gasteiger partial charge in [0.15, 0.2) is 0 Å². The standard InChI is InChI=1S/C26H27N3O6S/c1-2-8-20(25(30)31)24-21(14-16-29(24)26(32)35-17-18-9-4-3-5-10-18)28-36(33,34)22-13-6-11-19-12-7-15-27-23(19)22/h2-7,9-13,15,20-21,24,28H,1,8,14,16-17H2,(H,30,31)/t20?,21-,24+/m0/s1. The van der Waals surface area contributed by atoms with Crippen molar-refractivity contribution in [3.8, 4) is 0 Å². The Hall–Kier alpha value is -3.76. The first kappa shape index (κ1) is 25.3.